The summed E-state index contributed by atoms with van der Waals surface area (Å²) in [4.78, 5) is 4.13. The molecule has 1 aromatic carbocycles. The minimum absolute atomic E-state index is 0.103. The Morgan fingerprint density at radius 2 is 2.28 bits per heavy atom. The van der Waals surface area contributed by atoms with Gasteiger partial charge in [-0.1, -0.05) is 6.07 Å². The average molecular weight is 313 g/mol. The van der Waals surface area contributed by atoms with E-state index in [1.54, 1.807) is 23.1 Å². The molecule has 0 fully saturated rings. The van der Waals surface area contributed by atoms with E-state index in [1.807, 2.05) is 14.0 Å². The third-order valence-electron chi connectivity index (χ3n) is 2.66. The quantitative estimate of drug-likeness (QED) is 0.943. The molecule has 0 aliphatic heterocycles. The summed E-state index contributed by atoms with van der Waals surface area (Å²) < 4.78 is 15.3. The number of halogens is 2. The zero-order chi connectivity index (χ0) is 13.1. The Balaban J connectivity index is 1.99. The minimum atomic E-state index is -0.252. The standard InChI is InChI=1S/C12H14BrFN4/c1-8(9-3-4-11(14)10(13)5-9)15-6-12-16-7-18(2)17-12/h3-5,7-8,15H,6H2,1-2H3. The fourth-order valence-electron chi connectivity index (χ4n) is 1.61. The van der Waals surface area contributed by atoms with Crippen molar-refractivity contribution >= 4 is 15.9 Å². The summed E-state index contributed by atoms with van der Waals surface area (Å²) in [6.45, 7) is 2.60. The van der Waals surface area contributed by atoms with E-state index < -0.39 is 0 Å². The number of rotatable bonds is 4. The van der Waals surface area contributed by atoms with Crippen molar-refractivity contribution in [1.82, 2.24) is 20.1 Å². The van der Waals surface area contributed by atoms with Gasteiger partial charge in [-0.3, -0.25) is 4.68 Å². The van der Waals surface area contributed by atoms with Crippen molar-refractivity contribution in [2.75, 3.05) is 0 Å². The maximum Gasteiger partial charge on any atom is 0.164 e. The van der Waals surface area contributed by atoms with Crippen molar-refractivity contribution in [1.29, 1.82) is 0 Å². The van der Waals surface area contributed by atoms with E-state index in [-0.39, 0.29) is 11.9 Å². The number of benzene rings is 1. The highest BCUT2D eigenvalue weighted by molar-refractivity contribution is 9.10. The van der Waals surface area contributed by atoms with Crippen molar-refractivity contribution in [2.45, 2.75) is 19.5 Å². The molecular formula is C12H14BrFN4. The molecular weight excluding hydrogens is 299 g/mol. The van der Waals surface area contributed by atoms with Gasteiger partial charge in [0.15, 0.2) is 5.82 Å². The van der Waals surface area contributed by atoms with Crippen LogP contribution in [0.3, 0.4) is 0 Å². The predicted octanol–water partition coefficient (Wildman–Crippen LogP) is 2.57. The van der Waals surface area contributed by atoms with E-state index in [0.717, 1.165) is 11.4 Å². The summed E-state index contributed by atoms with van der Waals surface area (Å²) in [6.07, 6.45) is 1.66. The minimum Gasteiger partial charge on any atom is -0.303 e. The first-order chi connectivity index (χ1) is 8.56. The highest BCUT2D eigenvalue weighted by Crippen LogP contribution is 2.21. The lowest BCUT2D eigenvalue weighted by Gasteiger charge is -2.13. The van der Waals surface area contributed by atoms with Crippen LogP contribution >= 0.6 is 15.9 Å². The van der Waals surface area contributed by atoms with Gasteiger partial charge >= 0.3 is 0 Å². The summed E-state index contributed by atoms with van der Waals surface area (Å²) >= 11 is 3.18. The summed E-state index contributed by atoms with van der Waals surface area (Å²) in [6, 6.07) is 5.10. The second kappa shape index (κ2) is 5.58. The molecule has 1 atom stereocenters. The van der Waals surface area contributed by atoms with Crippen molar-refractivity contribution in [3.8, 4) is 0 Å². The van der Waals surface area contributed by atoms with Crippen molar-refractivity contribution in [2.24, 2.45) is 7.05 Å². The molecule has 0 aliphatic rings. The molecule has 0 aliphatic carbocycles. The van der Waals surface area contributed by atoms with Crippen molar-refractivity contribution in [3.63, 3.8) is 0 Å². The van der Waals surface area contributed by atoms with Crippen LogP contribution in [0.4, 0.5) is 4.39 Å². The lowest BCUT2D eigenvalue weighted by atomic mass is 10.1. The predicted molar refractivity (Wildman–Crippen MR) is 70.4 cm³/mol. The molecule has 96 valence electrons. The van der Waals surface area contributed by atoms with E-state index in [9.17, 15) is 4.39 Å². The van der Waals surface area contributed by atoms with Crippen molar-refractivity contribution < 1.29 is 4.39 Å². The third-order valence-corrected chi connectivity index (χ3v) is 3.26. The second-order valence-corrected chi connectivity index (χ2v) is 4.96. The zero-order valence-electron chi connectivity index (χ0n) is 10.2. The van der Waals surface area contributed by atoms with Gasteiger partial charge in [0.05, 0.1) is 11.0 Å². The fourth-order valence-corrected chi connectivity index (χ4v) is 2.01. The van der Waals surface area contributed by atoms with Gasteiger partial charge in [-0.2, -0.15) is 5.10 Å². The van der Waals surface area contributed by atoms with Crippen LogP contribution in [0.5, 0.6) is 0 Å². The first-order valence-electron chi connectivity index (χ1n) is 5.59. The van der Waals surface area contributed by atoms with Gasteiger partial charge in [-0.05, 0) is 40.5 Å². The van der Waals surface area contributed by atoms with Gasteiger partial charge in [-0.15, -0.1) is 0 Å². The molecule has 1 unspecified atom stereocenters. The molecule has 0 saturated heterocycles. The zero-order valence-corrected chi connectivity index (χ0v) is 11.8. The van der Waals surface area contributed by atoms with E-state index in [0.29, 0.717) is 11.0 Å². The van der Waals surface area contributed by atoms with Crippen LogP contribution in [0.15, 0.2) is 29.0 Å². The summed E-state index contributed by atoms with van der Waals surface area (Å²) in [5.74, 6) is 0.489. The Morgan fingerprint density at radius 1 is 1.50 bits per heavy atom. The molecule has 4 nitrogen and oxygen atoms in total. The van der Waals surface area contributed by atoms with Gasteiger partial charge < -0.3 is 5.32 Å². The number of hydrogen-bond acceptors (Lipinski definition) is 3. The summed E-state index contributed by atoms with van der Waals surface area (Å²) in [5.41, 5.74) is 1.01. The van der Waals surface area contributed by atoms with Gasteiger partial charge in [0.25, 0.3) is 0 Å². The van der Waals surface area contributed by atoms with Gasteiger partial charge in [0.2, 0.25) is 0 Å². The number of aryl methyl sites for hydroxylation is 1. The number of hydrogen-bond donors (Lipinski definition) is 1. The number of nitrogens with one attached hydrogen (secondary N) is 1. The Kier molecular flexibility index (Phi) is 4.08. The molecule has 0 radical (unpaired) electrons. The number of aromatic nitrogens is 3. The molecule has 0 spiro atoms. The Bertz CT molecular complexity index is 541. The lowest BCUT2D eigenvalue weighted by molar-refractivity contribution is 0.553. The van der Waals surface area contributed by atoms with Crippen LogP contribution < -0.4 is 5.32 Å². The van der Waals surface area contributed by atoms with Crippen LogP contribution in [0, 0.1) is 5.82 Å². The summed E-state index contributed by atoms with van der Waals surface area (Å²) in [5, 5.41) is 7.48. The Morgan fingerprint density at radius 3 is 2.89 bits per heavy atom. The molecule has 1 heterocycles. The van der Waals surface area contributed by atoms with Gasteiger partial charge in [0.1, 0.15) is 12.1 Å². The first-order valence-corrected chi connectivity index (χ1v) is 6.38. The van der Waals surface area contributed by atoms with Crippen molar-refractivity contribution in [3.05, 3.63) is 46.2 Å². The van der Waals surface area contributed by atoms with Crippen LogP contribution in [0.2, 0.25) is 0 Å². The van der Waals surface area contributed by atoms with E-state index in [1.165, 1.54) is 6.07 Å². The summed E-state index contributed by atoms with van der Waals surface area (Å²) in [7, 11) is 1.83. The SMILES string of the molecule is CC(NCc1ncn(C)n1)c1ccc(F)c(Br)c1. The second-order valence-electron chi connectivity index (χ2n) is 4.11. The molecule has 0 saturated carbocycles. The lowest BCUT2D eigenvalue weighted by Crippen LogP contribution is -2.19. The van der Waals surface area contributed by atoms with Crippen LogP contribution in [0.25, 0.3) is 0 Å². The molecule has 6 heteroatoms. The molecule has 1 N–H and O–H groups in total. The van der Waals surface area contributed by atoms with E-state index in [4.69, 9.17) is 0 Å². The van der Waals surface area contributed by atoms with E-state index >= 15 is 0 Å². The smallest absolute Gasteiger partial charge is 0.164 e. The molecule has 1 aromatic heterocycles. The number of nitrogens with zero attached hydrogens (tertiary/aromatic N) is 3. The van der Waals surface area contributed by atoms with Crippen LogP contribution in [-0.2, 0) is 13.6 Å². The monoisotopic (exact) mass is 312 g/mol. The topological polar surface area (TPSA) is 42.7 Å². The van der Waals surface area contributed by atoms with Gasteiger partial charge in [0, 0.05) is 13.1 Å². The Hall–Kier alpha value is -1.27. The highest BCUT2D eigenvalue weighted by Gasteiger charge is 2.08. The third kappa shape index (κ3) is 3.14. The normalized spacial score (nSPS) is 12.7. The fraction of sp³-hybridized carbons (Fsp3) is 0.333. The Labute approximate surface area is 113 Å². The maximum absolute atomic E-state index is 13.1. The van der Waals surface area contributed by atoms with E-state index in [2.05, 4.69) is 31.3 Å². The molecule has 2 rings (SSSR count). The maximum atomic E-state index is 13.1. The molecule has 18 heavy (non-hydrogen) atoms. The molecule has 2 aromatic rings. The molecule has 0 bridgehead atoms. The largest absolute Gasteiger partial charge is 0.303 e. The average Bonchev–Trinajstić information content (AvgIpc) is 2.75. The first kappa shape index (κ1) is 13.2. The van der Waals surface area contributed by atoms with Gasteiger partial charge in [-0.25, -0.2) is 9.37 Å². The van der Waals surface area contributed by atoms with Crippen LogP contribution in [-0.4, -0.2) is 14.8 Å². The highest BCUT2D eigenvalue weighted by atomic mass is 79.9. The van der Waals surface area contributed by atoms with Crippen LogP contribution in [0.1, 0.15) is 24.4 Å². The molecule has 0 amide bonds.